The topological polar surface area (TPSA) is 77.1 Å². The van der Waals surface area contributed by atoms with Crippen molar-refractivity contribution >= 4 is 23.1 Å². The number of ether oxygens (including phenoxy) is 3. The van der Waals surface area contributed by atoms with Gasteiger partial charge in [0.1, 0.15) is 11.5 Å². The number of carbonyl (C=O) groups is 2. The van der Waals surface area contributed by atoms with E-state index in [-0.39, 0.29) is 35.2 Å². The van der Waals surface area contributed by atoms with Crippen molar-refractivity contribution in [2.24, 2.45) is 5.92 Å². The molecule has 0 spiro atoms. The van der Waals surface area contributed by atoms with Crippen LogP contribution in [-0.4, -0.2) is 39.2 Å². The highest BCUT2D eigenvalue weighted by Gasteiger charge is 2.51. The van der Waals surface area contributed by atoms with Crippen molar-refractivity contribution in [1.82, 2.24) is 0 Å². The number of alkyl halides is 3. The second-order valence-electron chi connectivity index (χ2n) is 9.52. The summed E-state index contributed by atoms with van der Waals surface area (Å²) in [6, 6.07) is 16.8. The Labute approximate surface area is 229 Å². The number of para-hydroxylation sites is 2. The lowest BCUT2D eigenvalue weighted by molar-refractivity contribution is -0.171. The highest BCUT2D eigenvalue weighted by molar-refractivity contribution is 6.03. The van der Waals surface area contributed by atoms with Gasteiger partial charge in [-0.05, 0) is 47.5 Å². The molecule has 0 unspecified atom stereocenters. The van der Waals surface area contributed by atoms with Crippen LogP contribution in [0.3, 0.4) is 0 Å². The molecule has 0 radical (unpaired) electrons. The van der Waals surface area contributed by atoms with E-state index < -0.39 is 24.0 Å². The summed E-state index contributed by atoms with van der Waals surface area (Å²) in [6.07, 6.45) is -3.30. The lowest BCUT2D eigenvalue weighted by Crippen LogP contribution is -2.47. The predicted molar refractivity (Wildman–Crippen MR) is 143 cm³/mol. The fourth-order valence-corrected chi connectivity index (χ4v) is 5.42. The number of benzene rings is 3. The number of halogens is 3. The Morgan fingerprint density at radius 1 is 0.900 bits per heavy atom. The quantitative estimate of drug-likeness (QED) is 0.417. The molecule has 0 bridgehead atoms. The maximum atomic E-state index is 14.1. The van der Waals surface area contributed by atoms with Crippen molar-refractivity contribution in [3.8, 4) is 17.2 Å². The Morgan fingerprint density at radius 3 is 2.23 bits per heavy atom. The minimum Gasteiger partial charge on any atom is -0.497 e. The first-order valence-corrected chi connectivity index (χ1v) is 12.5. The number of ketones is 1. The number of anilines is 2. The third-order valence-corrected chi connectivity index (χ3v) is 7.27. The molecule has 40 heavy (non-hydrogen) atoms. The van der Waals surface area contributed by atoms with E-state index in [1.54, 1.807) is 49.6 Å². The molecule has 1 heterocycles. The fraction of sp³-hybridized carbons (Fsp3) is 0.267. The van der Waals surface area contributed by atoms with Crippen LogP contribution in [-0.2, 0) is 9.59 Å². The van der Waals surface area contributed by atoms with Crippen LogP contribution in [0.5, 0.6) is 17.2 Å². The van der Waals surface area contributed by atoms with Crippen molar-refractivity contribution in [2.45, 2.75) is 24.6 Å². The highest BCUT2D eigenvalue weighted by Crippen LogP contribution is 2.49. The maximum Gasteiger partial charge on any atom is 0.471 e. The number of nitrogens with zero attached hydrogens (tertiary/aromatic N) is 1. The van der Waals surface area contributed by atoms with Gasteiger partial charge in [-0.15, -0.1) is 0 Å². The molecule has 0 fully saturated rings. The predicted octanol–water partition coefficient (Wildman–Crippen LogP) is 6.03. The Hall–Kier alpha value is -4.47. The molecule has 0 aromatic heterocycles. The van der Waals surface area contributed by atoms with Crippen LogP contribution in [0.25, 0.3) is 0 Å². The number of allylic oxidation sites excluding steroid dienone is 1. The zero-order chi connectivity index (χ0) is 28.6. The molecule has 0 saturated carbocycles. The Balaban J connectivity index is 1.73. The van der Waals surface area contributed by atoms with Gasteiger partial charge in [0, 0.05) is 18.0 Å². The van der Waals surface area contributed by atoms with E-state index in [1.165, 1.54) is 26.4 Å². The van der Waals surface area contributed by atoms with Gasteiger partial charge in [-0.25, -0.2) is 0 Å². The number of fused-ring (bicyclic) bond motifs is 2. The molecule has 1 aliphatic heterocycles. The van der Waals surface area contributed by atoms with Crippen LogP contribution in [0.1, 0.15) is 29.5 Å². The summed E-state index contributed by atoms with van der Waals surface area (Å²) in [4.78, 5) is 27.7. The minimum absolute atomic E-state index is 0.00806. The summed E-state index contributed by atoms with van der Waals surface area (Å²) in [5.74, 6) is -2.54. The average Bonchev–Trinajstić information content (AvgIpc) is 3.10. The van der Waals surface area contributed by atoms with E-state index in [4.69, 9.17) is 14.2 Å². The van der Waals surface area contributed by atoms with Crippen LogP contribution in [0, 0.1) is 5.92 Å². The number of Topliss-reactive ketones (excluding diaryl/α,β-unsaturated/α-hetero) is 1. The molecule has 0 saturated heterocycles. The number of carbonyl (C=O) groups excluding carboxylic acids is 2. The van der Waals surface area contributed by atoms with Crippen LogP contribution in [0.15, 0.2) is 78.5 Å². The van der Waals surface area contributed by atoms with E-state index in [0.29, 0.717) is 27.7 Å². The number of methoxy groups -OCH3 is 3. The minimum atomic E-state index is -5.19. The van der Waals surface area contributed by atoms with Gasteiger partial charge in [0.15, 0.2) is 11.5 Å². The van der Waals surface area contributed by atoms with E-state index in [0.717, 1.165) is 5.56 Å². The highest BCUT2D eigenvalue weighted by atomic mass is 19.4. The zero-order valence-electron chi connectivity index (χ0n) is 22.0. The first-order valence-electron chi connectivity index (χ1n) is 12.5. The number of rotatable bonds is 5. The Morgan fingerprint density at radius 2 is 1.57 bits per heavy atom. The van der Waals surface area contributed by atoms with E-state index in [2.05, 4.69) is 5.32 Å². The summed E-state index contributed by atoms with van der Waals surface area (Å²) in [5.41, 5.74) is 1.85. The fourth-order valence-electron chi connectivity index (χ4n) is 5.42. The van der Waals surface area contributed by atoms with Gasteiger partial charge in [0.05, 0.1) is 44.7 Å². The molecule has 1 N–H and O–H groups in total. The number of amides is 1. The number of hydrogen-bond donors (Lipinski definition) is 1. The molecule has 3 aromatic rings. The normalized spacial score (nSPS) is 20.4. The average molecular weight is 553 g/mol. The summed E-state index contributed by atoms with van der Waals surface area (Å²) >= 11 is 0. The molecule has 1 amide bonds. The van der Waals surface area contributed by atoms with Crippen molar-refractivity contribution in [3.05, 3.63) is 89.6 Å². The second kappa shape index (κ2) is 10.6. The molecule has 7 nitrogen and oxygen atoms in total. The van der Waals surface area contributed by atoms with Gasteiger partial charge in [-0.2, -0.15) is 13.2 Å². The van der Waals surface area contributed by atoms with Crippen LogP contribution < -0.4 is 24.4 Å². The lowest BCUT2D eigenvalue weighted by Gasteiger charge is -2.38. The molecule has 3 atom stereocenters. The number of hydrogen-bond acceptors (Lipinski definition) is 6. The molecule has 208 valence electrons. The third-order valence-electron chi connectivity index (χ3n) is 7.27. The van der Waals surface area contributed by atoms with Gasteiger partial charge in [-0.1, -0.05) is 36.4 Å². The van der Waals surface area contributed by atoms with Crippen molar-refractivity contribution in [1.29, 1.82) is 0 Å². The first kappa shape index (κ1) is 27.1. The van der Waals surface area contributed by atoms with E-state index in [1.807, 2.05) is 18.2 Å². The van der Waals surface area contributed by atoms with Gasteiger partial charge < -0.3 is 19.5 Å². The van der Waals surface area contributed by atoms with Gasteiger partial charge in [0.2, 0.25) is 0 Å². The van der Waals surface area contributed by atoms with Gasteiger partial charge in [0.25, 0.3) is 0 Å². The zero-order valence-corrected chi connectivity index (χ0v) is 22.0. The van der Waals surface area contributed by atoms with Crippen LogP contribution in [0.2, 0.25) is 0 Å². The summed E-state index contributed by atoms with van der Waals surface area (Å²) in [5, 5.41) is 3.20. The molecule has 2 aliphatic rings. The molecular weight excluding hydrogens is 525 g/mol. The maximum absolute atomic E-state index is 14.1. The molecular formula is C30H27F3N2O5. The Kier molecular flexibility index (Phi) is 7.18. The standard InChI is InChI=1S/C30H27F3N2O5/c1-38-20-11-8-17(9-12-20)19-14-22-27(24(36)15-19)28(18-10-13-25(39-2)26(16-18)40-3)35(29(37)30(31,32)33)23-7-5-4-6-21(23)34-22/h4-14,16,19,27-28,34H,15H2,1-3H3/t19-,27-,28+/m0/s1. The second-order valence-corrected chi connectivity index (χ2v) is 9.52. The third kappa shape index (κ3) is 4.85. The smallest absolute Gasteiger partial charge is 0.471 e. The Bertz CT molecular complexity index is 1470. The van der Waals surface area contributed by atoms with Gasteiger partial charge in [-0.3, -0.25) is 14.5 Å². The molecule has 10 heteroatoms. The molecule has 3 aromatic carbocycles. The number of nitrogens with one attached hydrogen (secondary N) is 1. The monoisotopic (exact) mass is 552 g/mol. The lowest BCUT2D eigenvalue weighted by atomic mass is 9.76. The largest absolute Gasteiger partial charge is 0.497 e. The van der Waals surface area contributed by atoms with Crippen LogP contribution in [0.4, 0.5) is 24.5 Å². The first-order chi connectivity index (χ1) is 19.2. The van der Waals surface area contributed by atoms with Crippen molar-refractivity contribution in [2.75, 3.05) is 31.5 Å². The summed E-state index contributed by atoms with van der Waals surface area (Å²) in [7, 11) is 4.40. The van der Waals surface area contributed by atoms with Crippen molar-refractivity contribution < 1.29 is 37.0 Å². The van der Waals surface area contributed by atoms with Crippen molar-refractivity contribution in [3.63, 3.8) is 0 Å². The van der Waals surface area contributed by atoms with Gasteiger partial charge >= 0.3 is 12.1 Å². The van der Waals surface area contributed by atoms with E-state index in [9.17, 15) is 22.8 Å². The van der Waals surface area contributed by atoms with Crippen LogP contribution >= 0.6 is 0 Å². The molecule has 5 rings (SSSR count). The summed E-state index contributed by atoms with van der Waals surface area (Å²) in [6.45, 7) is 0. The molecule has 1 aliphatic carbocycles. The summed E-state index contributed by atoms with van der Waals surface area (Å²) < 4.78 is 58.3. The van der Waals surface area contributed by atoms with E-state index >= 15 is 0 Å². The SMILES string of the molecule is COc1ccc([C@H]2C=C3Nc4ccccc4N(C(=O)C(F)(F)F)[C@H](c4ccc(OC)c(OC)c4)[C@@H]3C(=O)C2)cc1.